The van der Waals surface area contributed by atoms with E-state index in [1.165, 1.54) is 11.1 Å². The van der Waals surface area contributed by atoms with Crippen LogP contribution in [0.25, 0.3) is 5.57 Å². The predicted octanol–water partition coefficient (Wildman–Crippen LogP) is 6.38. The zero-order valence-corrected chi connectivity index (χ0v) is 20.4. The largest absolute Gasteiger partial charge is 0.384 e. The Labute approximate surface area is 197 Å². The minimum atomic E-state index is 0.456. The molecule has 6 N–H and O–H groups in total. The Morgan fingerprint density at radius 1 is 0.781 bits per heavy atom. The van der Waals surface area contributed by atoms with Crippen LogP contribution >= 0.6 is 11.6 Å². The number of nitrogen functional groups attached to an aromatic ring is 3. The number of pyridine rings is 3. The highest BCUT2D eigenvalue weighted by Gasteiger charge is 1.97. The molecule has 3 heterocycles. The Morgan fingerprint density at radius 2 is 1.22 bits per heavy atom. The summed E-state index contributed by atoms with van der Waals surface area (Å²) >= 11 is 5.52. The average Bonchev–Trinajstić information content (AvgIpc) is 2.68. The van der Waals surface area contributed by atoms with Crippen molar-refractivity contribution in [2.24, 2.45) is 0 Å². The van der Waals surface area contributed by atoms with Crippen molar-refractivity contribution in [1.29, 1.82) is 0 Å². The van der Waals surface area contributed by atoms with Crippen LogP contribution in [-0.4, -0.2) is 15.0 Å². The molecule has 0 unspecified atom stereocenters. The Bertz CT molecular complexity index is 964. The minimum absolute atomic E-state index is 0.456. The highest BCUT2D eigenvalue weighted by Crippen LogP contribution is 2.14. The number of aromatic nitrogens is 3. The molecule has 6 nitrogen and oxygen atoms in total. The lowest BCUT2D eigenvalue weighted by atomic mass is 10.1. The van der Waals surface area contributed by atoms with Gasteiger partial charge in [0.15, 0.2) is 0 Å². The lowest BCUT2D eigenvalue weighted by Gasteiger charge is -2.03. The van der Waals surface area contributed by atoms with Crippen molar-refractivity contribution in [1.82, 2.24) is 15.0 Å². The summed E-state index contributed by atoms with van der Waals surface area (Å²) in [5, 5.41) is 0.623. The van der Waals surface area contributed by atoms with Crippen molar-refractivity contribution in [3.8, 4) is 0 Å². The van der Waals surface area contributed by atoms with Crippen molar-refractivity contribution >= 4 is 34.6 Å². The van der Waals surface area contributed by atoms with E-state index in [0.29, 0.717) is 28.4 Å². The van der Waals surface area contributed by atoms with Crippen LogP contribution in [0, 0.1) is 0 Å². The van der Waals surface area contributed by atoms with Gasteiger partial charge in [0.2, 0.25) is 0 Å². The van der Waals surface area contributed by atoms with E-state index in [4.69, 9.17) is 28.8 Å². The van der Waals surface area contributed by atoms with E-state index in [1.54, 1.807) is 30.7 Å². The molecule has 0 aliphatic heterocycles. The maximum atomic E-state index is 5.52. The molecule has 3 aromatic heterocycles. The normalized spacial score (nSPS) is 9.22. The molecule has 32 heavy (non-hydrogen) atoms. The molecule has 7 heteroatoms. The fourth-order valence-electron chi connectivity index (χ4n) is 1.96. The third-order valence-electron chi connectivity index (χ3n) is 3.49. The van der Waals surface area contributed by atoms with E-state index < -0.39 is 0 Å². The van der Waals surface area contributed by atoms with Gasteiger partial charge in [0.1, 0.15) is 17.5 Å². The first-order valence-electron chi connectivity index (χ1n) is 10.00. The molecule has 3 rings (SSSR count). The Kier molecular flexibility index (Phi) is 13.8. The van der Waals surface area contributed by atoms with Gasteiger partial charge in [-0.15, -0.1) is 6.58 Å². The molecule has 0 bridgehead atoms. The Hall–Kier alpha value is -3.38. The van der Waals surface area contributed by atoms with Gasteiger partial charge in [-0.25, -0.2) is 15.0 Å². The summed E-state index contributed by atoms with van der Waals surface area (Å²) in [6.07, 6.45) is 4.99. The first kappa shape index (κ1) is 28.6. The molecule has 0 radical (unpaired) electrons. The van der Waals surface area contributed by atoms with Crippen LogP contribution in [0.2, 0.25) is 5.02 Å². The number of hydrogen-bond donors (Lipinski definition) is 3. The average molecular weight is 455 g/mol. The molecule has 172 valence electrons. The molecule has 0 spiro atoms. The number of rotatable bonds is 2. The van der Waals surface area contributed by atoms with Crippen molar-refractivity contribution in [2.75, 3.05) is 17.2 Å². The second-order valence-corrected chi connectivity index (χ2v) is 7.96. The number of nitrogens with zero attached hydrogens (tertiary/aromatic N) is 3. The van der Waals surface area contributed by atoms with E-state index in [0.717, 1.165) is 11.1 Å². The predicted molar refractivity (Wildman–Crippen MR) is 140 cm³/mol. The van der Waals surface area contributed by atoms with Crippen LogP contribution in [-0.2, 0) is 0 Å². The third kappa shape index (κ3) is 14.6. The van der Waals surface area contributed by atoms with Crippen LogP contribution < -0.4 is 17.2 Å². The van der Waals surface area contributed by atoms with Crippen LogP contribution in [0.4, 0.5) is 17.5 Å². The summed E-state index contributed by atoms with van der Waals surface area (Å²) < 4.78 is 0. The molecular formula is C25H35ClN6. The van der Waals surface area contributed by atoms with Gasteiger partial charge in [-0.1, -0.05) is 43.2 Å². The summed E-state index contributed by atoms with van der Waals surface area (Å²) in [6.45, 7) is 17.5. The summed E-state index contributed by atoms with van der Waals surface area (Å²) in [6, 6.07) is 10.9. The number of allylic oxidation sites excluding steroid dienone is 2. The van der Waals surface area contributed by atoms with E-state index in [-0.39, 0.29) is 0 Å². The molecule has 0 aliphatic carbocycles. The maximum Gasteiger partial charge on any atom is 0.124 e. The number of anilines is 3. The fraction of sp³-hybridized carbons (Fsp3) is 0.240. The first-order valence-corrected chi connectivity index (χ1v) is 10.4. The fourth-order valence-corrected chi connectivity index (χ4v) is 2.13. The molecular weight excluding hydrogens is 420 g/mol. The van der Waals surface area contributed by atoms with Gasteiger partial charge in [-0.3, -0.25) is 0 Å². The highest BCUT2D eigenvalue weighted by molar-refractivity contribution is 6.30. The van der Waals surface area contributed by atoms with Gasteiger partial charge < -0.3 is 17.2 Å². The second kappa shape index (κ2) is 15.4. The van der Waals surface area contributed by atoms with Crippen molar-refractivity contribution in [3.63, 3.8) is 0 Å². The summed E-state index contributed by atoms with van der Waals surface area (Å²) in [4.78, 5) is 11.5. The van der Waals surface area contributed by atoms with Crippen molar-refractivity contribution in [2.45, 2.75) is 40.5 Å². The molecule has 0 aromatic carbocycles. The van der Waals surface area contributed by atoms with Crippen molar-refractivity contribution in [3.05, 3.63) is 89.9 Å². The smallest absolute Gasteiger partial charge is 0.124 e. The van der Waals surface area contributed by atoms with Gasteiger partial charge in [-0.05, 0) is 74.2 Å². The van der Waals surface area contributed by atoms with Crippen LogP contribution in [0.1, 0.15) is 51.7 Å². The topological polar surface area (TPSA) is 117 Å². The Morgan fingerprint density at radius 3 is 1.50 bits per heavy atom. The quantitative estimate of drug-likeness (QED) is 0.386. The molecule has 0 saturated carbocycles. The monoisotopic (exact) mass is 454 g/mol. The molecule has 0 amide bonds. The van der Waals surface area contributed by atoms with Crippen molar-refractivity contribution < 1.29 is 0 Å². The van der Waals surface area contributed by atoms with E-state index in [2.05, 4.69) is 42.0 Å². The zero-order valence-electron chi connectivity index (χ0n) is 19.6. The summed E-state index contributed by atoms with van der Waals surface area (Å²) in [5.41, 5.74) is 20.7. The summed E-state index contributed by atoms with van der Waals surface area (Å²) in [7, 11) is 0. The molecule has 3 aromatic rings. The molecule has 0 saturated heterocycles. The van der Waals surface area contributed by atoms with Gasteiger partial charge in [0, 0.05) is 23.6 Å². The second-order valence-electron chi connectivity index (χ2n) is 7.52. The van der Waals surface area contributed by atoms with Crippen LogP contribution in [0.3, 0.4) is 0 Å². The van der Waals surface area contributed by atoms with Crippen LogP contribution in [0.15, 0.2) is 73.7 Å². The zero-order chi connectivity index (χ0) is 24.7. The van der Waals surface area contributed by atoms with Crippen LogP contribution in [0.5, 0.6) is 0 Å². The van der Waals surface area contributed by atoms with E-state index in [9.17, 15) is 0 Å². The standard InChI is InChI=1S/C8H12N2.C8H10N2.C5H5ClN2.C4H8/c2*1-6(2)7-3-4-10-8(9)5-7;6-4-1-2-8-5(7)3-4;1-4(2)3/h3-6H,1-2H3,(H2,9,10);3-5H,1H2,2H3,(H2,9,10);1-3H,(H2,7,8);1H2,2-3H3. The molecule has 0 atom stereocenters. The maximum absolute atomic E-state index is 5.52. The highest BCUT2D eigenvalue weighted by atomic mass is 35.5. The molecule has 0 aliphatic rings. The lowest BCUT2D eigenvalue weighted by Crippen LogP contribution is -1.93. The SMILES string of the molecule is C=C(C)C.C=C(C)c1ccnc(N)c1.CC(C)c1ccnc(N)c1.Nc1cc(Cl)ccn1. The van der Waals surface area contributed by atoms with Gasteiger partial charge in [-0.2, -0.15) is 0 Å². The van der Waals surface area contributed by atoms with Gasteiger partial charge in [0.25, 0.3) is 0 Å². The summed E-state index contributed by atoms with van der Waals surface area (Å²) in [5.74, 6) is 2.13. The van der Waals surface area contributed by atoms with Gasteiger partial charge >= 0.3 is 0 Å². The molecule has 0 fully saturated rings. The van der Waals surface area contributed by atoms with E-state index >= 15 is 0 Å². The Balaban J connectivity index is 0.000000418. The minimum Gasteiger partial charge on any atom is -0.384 e. The third-order valence-corrected chi connectivity index (χ3v) is 3.72. The number of nitrogens with two attached hydrogens (primary N) is 3. The first-order chi connectivity index (χ1) is 14.9. The van der Waals surface area contributed by atoms with Gasteiger partial charge in [0.05, 0.1) is 0 Å². The number of hydrogen-bond acceptors (Lipinski definition) is 6. The van der Waals surface area contributed by atoms with E-state index in [1.807, 2.05) is 45.0 Å². The number of halogens is 1. The lowest BCUT2D eigenvalue weighted by molar-refractivity contribution is 0.864.